The van der Waals surface area contributed by atoms with Gasteiger partial charge in [-0.2, -0.15) is 0 Å². The van der Waals surface area contributed by atoms with Gasteiger partial charge < -0.3 is 13.6 Å². The molecule has 0 aromatic carbocycles. The zero-order valence-electron chi connectivity index (χ0n) is 23.6. The van der Waals surface area contributed by atoms with Crippen molar-refractivity contribution in [2.45, 2.75) is 100 Å². The second-order valence-corrected chi connectivity index (χ2v) is 23.1. The molecular formula is C26H52O5Si2. The Morgan fingerprint density at radius 3 is 1.61 bits per heavy atom. The van der Waals surface area contributed by atoms with Crippen molar-refractivity contribution in [1.29, 1.82) is 0 Å². The summed E-state index contributed by atoms with van der Waals surface area (Å²) in [4.78, 5) is 24.8. The molecule has 194 valence electrons. The van der Waals surface area contributed by atoms with Gasteiger partial charge in [-0.1, -0.05) is 48.5 Å². The van der Waals surface area contributed by atoms with Crippen LogP contribution in [0.3, 0.4) is 0 Å². The molecule has 1 aliphatic carbocycles. The fourth-order valence-corrected chi connectivity index (χ4v) is 13.7. The predicted octanol–water partition coefficient (Wildman–Crippen LogP) is 6.34. The summed E-state index contributed by atoms with van der Waals surface area (Å²) in [5, 5.41) is 0. The monoisotopic (exact) mass is 500 g/mol. The maximum absolute atomic E-state index is 12.4. The highest BCUT2D eigenvalue weighted by molar-refractivity contribution is 6.84. The van der Waals surface area contributed by atoms with E-state index in [-0.39, 0.29) is 30.2 Å². The molecular weight excluding hydrogens is 448 g/mol. The van der Waals surface area contributed by atoms with Crippen LogP contribution < -0.4 is 0 Å². The second-order valence-electron chi connectivity index (χ2n) is 14.2. The number of ketones is 2. The van der Waals surface area contributed by atoms with Gasteiger partial charge in [-0.15, -0.1) is 0 Å². The molecule has 0 radical (unpaired) electrons. The molecule has 0 spiro atoms. The minimum absolute atomic E-state index is 0.112. The Morgan fingerprint density at radius 2 is 1.24 bits per heavy atom. The van der Waals surface area contributed by atoms with E-state index in [9.17, 15) is 9.59 Å². The number of hydrogen-bond donors (Lipinski definition) is 0. The largest absolute Gasteiger partial charge is 0.456 e. The number of Topliss-reactive ketones (excluding diaryl/α,β-unsaturated/α-hetero) is 2. The Hall–Kier alpha value is -0.346. The topological polar surface area (TPSA) is 61.8 Å². The van der Waals surface area contributed by atoms with E-state index in [0.29, 0.717) is 25.0 Å². The minimum atomic E-state index is -1.78. The summed E-state index contributed by atoms with van der Waals surface area (Å²) in [5.41, 5.74) is -0.972. The fourth-order valence-electron chi connectivity index (χ4n) is 4.90. The quantitative estimate of drug-likeness (QED) is 0.293. The van der Waals surface area contributed by atoms with Gasteiger partial charge in [0.15, 0.2) is 28.2 Å². The van der Waals surface area contributed by atoms with Crippen molar-refractivity contribution in [3.05, 3.63) is 0 Å². The van der Waals surface area contributed by atoms with E-state index in [1.165, 1.54) is 0 Å². The Labute approximate surface area is 206 Å². The lowest BCUT2D eigenvalue weighted by atomic mass is 9.86. The van der Waals surface area contributed by atoms with E-state index in [4.69, 9.17) is 13.6 Å². The number of carbonyl (C=O) groups excluding carboxylic acids is 2. The zero-order chi connectivity index (χ0) is 25.9. The molecule has 0 aromatic rings. The molecule has 7 heteroatoms. The average Bonchev–Trinajstić information content (AvgIpc) is 2.85. The van der Waals surface area contributed by atoms with E-state index in [1.807, 2.05) is 41.5 Å². The van der Waals surface area contributed by atoms with Crippen LogP contribution in [0.15, 0.2) is 0 Å². The van der Waals surface area contributed by atoms with Crippen molar-refractivity contribution in [1.82, 2.24) is 0 Å². The van der Waals surface area contributed by atoms with Gasteiger partial charge in [-0.3, -0.25) is 9.59 Å². The molecule has 0 N–H and O–H groups in total. The molecule has 0 aliphatic heterocycles. The van der Waals surface area contributed by atoms with E-state index in [0.717, 1.165) is 18.9 Å². The normalized spacial score (nSPS) is 21.9. The molecule has 1 fully saturated rings. The standard InChI is InChI=1S/C26H52O5Si2/c1-20-13-26(18-29-15-22(27)24(2,3)4,19-30-16-23(28)25(5,6)7)14-21(20)17-33(11,12)31-32(8,9)10/h20-21H,13-19H2,1-12H3/t20-,21+/m0/s1. The van der Waals surface area contributed by atoms with Gasteiger partial charge in [0.1, 0.15) is 13.2 Å². The third-order valence-electron chi connectivity index (χ3n) is 6.55. The van der Waals surface area contributed by atoms with Crippen LogP contribution in [0.25, 0.3) is 0 Å². The van der Waals surface area contributed by atoms with Gasteiger partial charge in [0.05, 0.1) is 13.2 Å². The summed E-state index contributed by atoms with van der Waals surface area (Å²) >= 11 is 0. The lowest BCUT2D eigenvalue weighted by Crippen LogP contribution is -2.43. The van der Waals surface area contributed by atoms with E-state index in [1.54, 1.807) is 0 Å². The van der Waals surface area contributed by atoms with Crippen LogP contribution in [0, 0.1) is 28.1 Å². The van der Waals surface area contributed by atoms with Crippen LogP contribution in [0.1, 0.15) is 61.3 Å². The zero-order valence-corrected chi connectivity index (χ0v) is 25.6. The summed E-state index contributed by atoms with van der Waals surface area (Å²) in [6.07, 6.45) is 1.98. The van der Waals surface area contributed by atoms with Crippen molar-refractivity contribution in [2.75, 3.05) is 26.4 Å². The van der Waals surface area contributed by atoms with Crippen LogP contribution >= 0.6 is 0 Å². The maximum Gasteiger partial charge on any atom is 0.173 e. The highest BCUT2D eigenvalue weighted by Crippen LogP contribution is 2.49. The van der Waals surface area contributed by atoms with Gasteiger partial charge in [-0.25, -0.2) is 0 Å². The Bertz CT molecular complexity index is 636. The van der Waals surface area contributed by atoms with Crippen molar-refractivity contribution in [2.24, 2.45) is 28.1 Å². The van der Waals surface area contributed by atoms with Gasteiger partial charge in [0.25, 0.3) is 0 Å². The second kappa shape index (κ2) is 11.1. The molecule has 0 saturated heterocycles. The average molecular weight is 501 g/mol. The van der Waals surface area contributed by atoms with Gasteiger partial charge >= 0.3 is 0 Å². The summed E-state index contributed by atoms with van der Waals surface area (Å²) in [5.74, 6) is 1.31. The molecule has 0 bridgehead atoms. The van der Waals surface area contributed by atoms with E-state index >= 15 is 0 Å². The molecule has 2 atom stereocenters. The van der Waals surface area contributed by atoms with Crippen molar-refractivity contribution >= 4 is 28.2 Å². The molecule has 1 saturated carbocycles. The van der Waals surface area contributed by atoms with Crippen molar-refractivity contribution in [3.8, 4) is 0 Å². The Kier molecular flexibility index (Phi) is 10.4. The van der Waals surface area contributed by atoms with Crippen LogP contribution in [0.2, 0.25) is 38.8 Å². The third kappa shape index (κ3) is 10.8. The first-order valence-corrected chi connectivity index (χ1v) is 19.1. The summed E-state index contributed by atoms with van der Waals surface area (Å²) in [6, 6.07) is 1.13. The Balaban J connectivity index is 2.91. The minimum Gasteiger partial charge on any atom is -0.456 e. The Morgan fingerprint density at radius 1 is 0.818 bits per heavy atom. The summed E-state index contributed by atoms with van der Waals surface area (Å²) in [6.45, 7) is 26.6. The molecule has 0 aromatic heterocycles. The molecule has 5 nitrogen and oxygen atoms in total. The van der Waals surface area contributed by atoms with Gasteiger partial charge in [-0.05, 0) is 63.5 Å². The number of ether oxygens (including phenoxy) is 2. The summed E-state index contributed by atoms with van der Waals surface area (Å²) in [7, 11) is -3.37. The SMILES string of the molecule is C[C@H]1CC(COCC(=O)C(C)(C)C)(COCC(=O)C(C)(C)C)C[C@@H]1C[Si](C)(C)O[Si](C)(C)C. The molecule has 1 aliphatic rings. The highest BCUT2D eigenvalue weighted by atomic mass is 28.4. The highest BCUT2D eigenvalue weighted by Gasteiger charge is 2.47. The van der Waals surface area contributed by atoms with Crippen molar-refractivity contribution in [3.63, 3.8) is 0 Å². The van der Waals surface area contributed by atoms with E-state index < -0.39 is 27.5 Å². The first kappa shape index (κ1) is 30.7. The lowest BCUT2D eigenvalue weighted by Gasteiger charge is -2.35. The summed E-state index contributed by atoms with van der Waals surface area (Å²) < 4.78 is 18.7. The third-order valence-corrected chi connectivity index (χ3v) is 12.7. The predicted molar refractivity (Wildman–Crippen MR) is 142 cm³/mol. The first-order valence-electron chi connectivity index (χ1n) is 12.6. The van der Waals surface area contributed by atoms with Crippen LogP contribution in [-0.4, -0.2) is 54.6 Å². The van der Waals surface area contributed by atoms with Gasteiger partial charge in [0, 0.05) is 16.2 Å². The van der Waals surface area contributed by atoms with Crippen LogP contribution in [0.4, 0.5) is 0 Å². The smallest absolute Gasteiger partial charge is 0.173 e. The van der Waals surface area contributed by atoms with Crippen molar-refractivity contribution < 1.29 is 23.2 Å². The molecule has 0 heterocycles. The first-order chi connectivity index (χ1) is 14.7. The van der Waals surface area contributed by atoms with Crippen LogP contribution in [0.5, 0.6) is 0 Å². The number of rotatable bonds is 12. The number of carbonyl (C=O) groups is 2. The maximum atomic E-state index is 12.4. The molecule has 1 rings (SSSR count). The van der Waals surface area contributed by atoms with Gasteiger partial charge in [0.2, 0.25) is 0 Å². The van der Waals surface area contributed by atoms with Crippen LogP contribution in [-0.2, 0) is 23.2 Å². The molecule has 33 heavy (non-hydrogen) atoms. The lowest BCUT2D eigenvalue weighted by molar-refractivity contribution is -0.135. The number of hydrogen-bond acceptors (Lipinski definition) is 5. The molecule has 0 amide bonds. The fraction of sp³-hybridized carbons (Fsp3) is 0.923. The molecule has 0 unspecified atom stereocenters. The van der Waals surface area contributed by atoms with E-state index in [2.05, 4.69) is 39.7 Å².